The van der Waals surface area contributed by atoms with Crippen LogP contribution in [0, 0.1) is 0 Å². The third-order valence-corrected chi connectivity index (χ3v) is 5.27. The summed E-state index contributed by atoms with van der Waals surface area (Å²) >= 11 is 0. The van der Waals surface area contributed by atoms with Crippen molar-refractivity contribution in [1.82, 2.24) is 0 Å². The van der Waals surface area contributed by atoms with Crippen LogP contribution in [0.4, 0.5) is 0 Å². The monoisotopic (exact) mass is 306 g/mol. The number of hydrogen-bond donors (Lipinski definition) is 0. The molecule has 110 valence electrons. The summed E-state index contributed by atoms with van der Waals surface area (Å²) in [6.07, 6.45) is 0. The Balaban J connectivity index is 2.15. The molecule has 0 N–H and O–H groups in total. The number of rotatable bonds is 0. The first-order chi connectivity index (χ1) is 11.7. The van der Waals surface area contributed by atoms with E-state index in [0.717, 1.165) is 26.9 Å². The van der Waals surface area contributed by atoms with Gasteiger partial charge in [-0.25, -0.2) is 0 Å². The quantitative estimate of drug-likeness (QED) is 0.235. The summed E-state index contributed by atoms with van der Waals surface area (Å²) in [6, 6.07) is 20.0. The van der Waals surface area contributed by atoms with Crippen molar-refractivity contribution in [3.63, 3.8) is 0 Å². The summed E-state index contributed by atoms with van der Waals surface area (Å²) < 4.78 is 0. The van der Waals surface area contributed by atoms with Crippen molar-refractivity contribution in [2.24, 2.45) is 0 Å². The molecule has 0 aliphatic rings. The van der Waals surface area contributed by atoms with Gasteiger partial charge in [0.2, 0.25) is 10.9 Å². The van der Waals surface area contributed by atoms with Crippen LogP contribution in [0.25, 0.3) is 53.9 Å². The van der Waals surface area contributed by atoms with E-state index in [4.69, 9.17) is 0 Å². The maximum absolute atomic E-state index is 12.4. The van der Waals surface area contributed by atoms with Crippen LogP contribution in [0.15, 0.2) is 70.3 Å². The minimum atomic E-state index is -0.432. The lowest BCUT2D eigenvalue weighted by Gasteiger charge is -2.16. The second-order valence-electron chi connectivity index (χ2n) is 6.51. The van der Waals surface area contributed by atoms with Crippen LogP contribution >= 0.6 is 0 Å². The molecule has 6 aromatic rings. The molecule has 0 bridgehead atoms. The van der Waals surface area contributed by atoms with Crippen molar-refractivity contribution in [3.8, 4) is 0 Å². The van der Waals surface area contributed by atoms with Gasteiger partial charge >= 0.3 is 0 Å². The van der Waals surface area contributed by atoms with E-state index in [-0.39, 0.29) is 0 Å². The standard InChI is InChI=1S/C22H10O2/c23-17-10-15-7-6-13-8-12-3-1-2-11-4-5-14-9-16(22(17)24)19(15)21(13)20(14)18(11)12/h1-10H. The maximum Gasteiger partial charge on any atom is 0.233 e. The summed E-state index contributed by atoms with van der Waals surface area (Å²) in [5.74, 6) is 0. The summed E-state index contributed by atoms with van der Waals surface area (Å²) in [5.41, 5.74) is -0.834. The van der Waals surface area contributed by atoms with Crippen molar-refractivity contribution in [3.05, 3.63) is 81.1 Å². The zero-order chi connectivity index (χ0) is 16.0. The first kappa shape index (κ1) is 12.2. The largest absolute Gasteiger partial charge is 0.286 e. The van der Waals surface area contributed by atoms with Gasteiger partial charge in [0.25, 0.3) is 0 Å². The Morgan fingerprint density at radius 3 is 1.92 bits per heavy atom. The van der Waals surface area contributed by atoms with Gasteiger partial charge in [0.05, 0.1) is 0 Å². The van der Waals surface area contributed by atoms with Gasteiger partial charge < -0.3 is 0 Å². The lowest BCUT2D eigenvalue weighted by molar-refractivity contribution is 1.57. The van der Waals surface area contributed by atoms with Gasteiger partial charge in [-0.05, 0) is 61.3 Å². The molecule has 24 heavy (non-hydrogen) atoms. The van der Waals surface area contributed by atoms with E-state index >= 15 is 0 Å². The Labute approximate surface area is 135 Å². The average molecular weight is 306 g/mol. The van der Waals surface area contributed by atoms with Crippen LogP contribution in [0.2, 0.25) is 0 Å². The molecular formula is C22H10O2. The summed E-state index contributed by atoms with van der Waals surface area (Å²) in [6.45, 7) is 0. The van der Waals surface area contributed by atoms with Crippen molar-refractivity contribution < 1.29 is 0 Å². The Morgan fingerprint density at radius 1 is 0.500 bits per heavy atom. The van der Waals surface area contributed by atoms with Gasteiger partial charge in [-0.3, -0.25) is 9.59 Å². The SMILES string of the molecule is O=c1cc2ccc3cc4cccc5ccc6cc(c1=O)c2c3c6c54. The van der Waals surface area contributed by atoms with Crippen molar-refractivity contribution >= 4 is 53.9 Å². The third kappa shape index (κ3) is 1.25. The van der Waals surface area contributed by atoms with Crippen molar-refractivity contribution in [1.29, 1.82) is 0 Å². The highest BCUT2D eigenvalue weighted by molar-refractivity contribution is 6.36. The Kier molecular flexibility index (Phi) is 1.93. The fourth-order valence-corrected chi connectivity index (χ4v) is 4.28. The van der Waals surface area contributed by atoms with Crippen molar-refractivity contribution in [2.45, 2.75) is 0 Å². The van der Waals surface area contributed by atoms with Gasteiger partial charge in [0, 0.05) is 10.8 Å². The highest BCUT2D eigenvalue weighted by Crippen LogP contribution is 2.42. The molecule has 0 atom stereocenters. The number of benzene rings is 6. The van der Waals surface area contributed by atoms with E-state index < -0.39 is 10.9 Å². The molecule has 0 unspecified atom stereocenters. The molecule has 0 radical (unpaired) electrons. The van der Waals surface area contributed by atoms with Crippen molar-refractivity contribution in [2.75, 3.05) is 0 Å². The van der Waals surface area contributed by atoms with Gasteiger partial charge in [0.1, 0.15) is 0 Å². The lowest BCUT2D eigenvalue weighted by Crippen LogP contribution is -2.22. The smallest absolute Gasteiger partial charge is 0.233 e. The van der Waals surface area contributed by atoms with E-state index in [1.807, 2.05) is 12.1 Å². The summed E-state index contributed by atoms with van der Waals surface area (Å²) in [7, 11) is 0. The molecular weight excluding hydrogens is 296 g/mol. The summed E-state index contributed by atoms with van der Waals surface area (Å²) in [4.78, 5) is 24.5. The molecule has 2 nitrogen and oxygen atoms in total. The zero-order valence-corrected chi connectivity index (χ0v) is 12.6. The molecule has 0 fully saturated rings. The van der Waals surface area contributed by atoms with Gasteiger partial charge in [-0.1, -0.05) is 42.5 Å². The Morgan fingerprint density at radius 2 is 1.08 bits per heavy atom. The first-order valence-corrected chi connectivity index (χ1v) is 7.96. The molecule has 0 amide bonds. The van der Waals surface area contributed by atoms with Crippen LogP contribution < -0.4 is 10.9 Å². The molecule has 0 aromatic heterocycles. The molecule has 6 rings (SSSR count). The fourth-order valence-electron chi connectivity index (χ4n) is 4.28. The summed E-state index contributed by atoms with van der Waals surface area (Å²) in [5, 5.41) is 10.4. The van der Waals surface area contributed by atoms with Crippen LogP contribution in [-0.4, -0.2) is 0 Å². The lowest BCUT2D eigenvalue weighted by atomic mass is 9.87. The normalized spacial score (nSPS) is 12.5. The van der Waals surface area contributed by atoms with Crippen LogP contribution in [0.1, 0.15) is 0 Å². The predicted octanol–water partition coefficient (Wildman–Crippen LogP) is 4.49. The zero-order valence-electron chi connectivity index (χ0n) is 12.6. The van der Waals surface area contributed by atoms with E-state index in [1.54, 1.807) is 0 Å². The fraction of sp³-hybridized carbons (Fsp3) is 0. The second kappa shape index (κ2) is 3.80. The highest BCUT2D eigenvalue weighted by Gasteiger charge is 2.17. The molecule has 0 spiro atoms. The molecule has 0 saturated heterocycles. The molecule has 0 aliphatic carbocycles. The molecule has 6 aromatic carbocycles. The van der Waals surface area contributed by atoms with Gasteiger partial charge in [0.15, 0.2) is 0 Å². The maximum atomic E-state index is 12.4. The minimum absolute atomic E-state index is 0.402. The molecule has 2 heteroatoms. The van der Waals surface area contributed by atoms with Gasteiger partial charge in [-0.2, -0.15) is 0 Å². The number of hydrogen-bond acceptors (Lipinski definition) is 2. The van der Waals surface area contributed by atoms with E-state index in [9.17, 15) is 9.59 Å². The second-order valence-corrected chi connectivity index (χ2v) is 6.51. The molecule has 0 saturated carbocycles. The van der Waals surface area contributed by atoms with Crippen LogP contribution in [-0.2, 0) is 0 Å². The van der Waals surface area contributed by atoms with Gasteiger partial charge in [-0.15, -0.1) is 0 Å². The van der Waals surface area contributed by atoms with Crippen LogP contribution in [0.5, 0.6) is 0 Å². The Hall–Kier alpha value is -3.26. The third-order valence-electron chi connectivity index (χ3n) is 5.27. The molecule has 0 heterocycles. The Bertz CT molecular complexity index is 1530. The first-order valence-electron chi connectivity index (χ1n) is 7.96. The minimum Gasteiger partial charge on any atom is -0.286 e. The van der Waals surface area contributed by atoms with E-state index in [0.29, 0.717) is 5.39 Å². The highest BCUT2D eigenvalue weighted by atomic mass is 16.2. The molecule has 0 aliphatic heterocycles. The van der Waals surface area contributed by atoms with E-state index in [1.165, 1.54) is 27.6 Å². The topological polar surface area (TPSA) is 34.1 Å². The predicted molar refractivity (Wildman–Crippen MR) is 100 cm³/mol. The van der Waals surface area contributed by atoms with E-state index in [2.05, 4.69) is 42.5 Å². The average Bonchev–Trinajstić information content (AvgIpc) is 2.61. The van der Waals surface area contributed by atoms with Crippen LogP contribution in [0.3, 0.4) is 0 Å².